The van der Waals surface area contributed by atoms with Gasteiger partial charge in [-0.05, 0) is 77.3 Å². The second kappa shape index (κ2) is 21.2. The summed E-state index contributed by atoms with van der Waals surface area (Å²) in [5, 5.41) is 22.2. The summed E-state index contributed by atoms with van der Waals surface area (Å²) in [7, 11) is 0. The Morgan fingerprint density at radius 2 is 0.905 bits per heavy atom. The zero-order valence-corrected chi connectivity index (χ0v) is 27.0. The van der Waals surface area contributed by atoms with Crippen molar-refractivity contribution in [3.8, 4) is 0 Å². The van der Waals surface area contributed by atoms with Crippen molar-refractivity contribution in [2.45, 2.75) is 165 Å². The van der Waals surface area contributed by atoms with Crippen molar-refractivity contribution in [3.63, 3.8) is 0 Å². The summed E-state index contributed by atoms with van der Waals surface area (Å²) in [6.07, 6.45) is 28.9. The van der Waals surface area contributed by atoms with Crippen LogP contribution in [0.15, 0.2) is 9.98 Å². The van der Waals surface area contributed by atoms with Gasteiger partial charge in [-0.15, -0.1) is 0 Å². The van der Waals surface area contributed by atoms with E-state index >= 15 is 0 Å². The molecule has 4 fully saturated rings. The van der Waals surface area contributed by atoms with Gasteiger partial charge >= 0.3 is 0 Å². The summed E-state index contributed by atoms with van der Waals surface area (Å²) < 4.78 is 0. The molecule has 0 unspecified atom stereocenters. The summed E-state index contributed by atoms with van der Waals surface area (Å²) in [4.78, 5) is 10.1. The predicted octanol–water partition coefficient (Wildman–Crippen LogP) is 5.35. The molecule has 0 aliphatic heterocycles. The van der Waals surface area contributed by atoms with Gasteiger partial charge in [0, 0.05) is 44.3 Å². The van der Waals surface area contributed by atoms with Crippen molar-refractivity contribution in [1.29, 1.82) is 0 Å². The van der Waals surface area contributed by atoms with E-state index in [1.54, 1.807) is 0 Å². The van der Waals surface area contributed by atoms with E-state index in [4.69, 9.17) is 9.98 Å². The van der Waals surface area contributed by atoms with Gasteiger partial charge in [-0.3, -0.25) is 4.99 Å². The van der Waals surface area contributed by atoms with E-state index in [1.807, 2.05) is 0 Å². The summed E-state index contributed by atoms with van der Waals surface area (Å²) >= 11 is 0. The summed E-state index contributed by atoms with van der Waals surface area (Å²) in [5.74, 6) is 2.15. The third-order valence-electron chi connectivity index (χ3n) is 9.81. The van der Waals surface area contributed by atoms with E-state index in [0.29, 0.717) is 24.2 Å². The van der Waals surface area contributed by atoms with E-state index in [0.717, 1.165) is 64.0 Å². The third-order valence-corrected chi connectivity index (χ3v) is 9.81. The minimum absolute atomic E-state index is 0.514. The van der Waals surface area contributed by atoms with Crippen LogP contribution in [-0.2, 0) is 0 Å². The molecular formula is C34H66N8. The Kier molecular flexibility index (Phi) is 16.8. The molecule has 0 heterocycles. The molecule has 0 saturated heterocycles. The molecule has 4 saturated carbocycles. The standard InChI is InChI=1S/C34H66N8/c1-5-15-29(16-6-1)39-33(40-30-17-7-2-8-18-30)37-25-13-23-35-27-28-36-24-14-26-38-34(41-31-19-9-3-10-20-31)42-32-21-11-4-12-22-32/h29-32,35-36H,1-28H2,(H2,37,39,40)(H2,38,41,42). The molecule has 0 atom stereocenters. The van der Waals surface area contributed by atoms with E-state index in [1.165, 1.54) is 128 Å². The first-order chi connectivity index (χ1) is 20.8. The molecule has 0 aromatic rings. The molecule has 42 heavy (non-hydrogen) atoms. The van der Waals surface area contributed by atoms with Gasteiger partial charge < -0.3 is 31.9 Å². The van der Waals surface area contributed by atoms with Crippen molar-refractivity contribution in [1.82, 2.24) is 31.9 Å². The molecule has 0 aromatic carbocycles. The Balaban J connectivity index is 1.03. The Hall–Kier alpha value is -1.54. The number of rotatable bonds is 15. The predicted molar refractivity (Wildman–Crippen MR) is 180 cm³/mol. The molecular weight excluding hydrogens is 520 g/mol. The lowest BCUT2D eigenvalue weighted by Crippen LogP contribution is -2.48. The normalized spacial score (nSPS) is 22.0. The lowest BCUT2D eigenvalue weighted by molar-refractivity contribution is 0.388. The van der Waals surface area contributed by atoms with E-state index in [-0.39, 0.29) is 0 Å². The van der Waals surface area contributed by atoms with E-state index in [2.05, 4.69) is 31.9 Å². The molecule has 8 nitrogen and oxygen atoms in total. The fourth-order valence-electron chi connectivity index (χ4n) is 7.22. The van der Waals surface area contributed by atoms with Gasteiger partial charge in [0.1, 0.15) is 0 Å². The minimum Gasteiger partial charge on any atom is -0.356 e. The molecule has 0 aromatic heterocycles. The van der Waals surface area contributed by atoms with Crippen LogP contribution in [0.2, 0.25) is 0 Å². The molecule has 0 spiro atoms. The quantitative estimate of drug-likeness (QED) is 0.0880. The van der Waals surface area contributed by atoms with Crippen molar-refractivity contribution >= 4 is 11.9 Å². The first-order valence-electron chi connectivity index (χ1n) is 18.4. The zero-order chi connectivity index (χ0) is 28.9. The van der Waals surface area contributed by atoms with Crippen LogP contribution >= 0.6 is 0 Å². The van der Waals surface area contributed by atoms with E-state index < -0.39 is 0 Å². The molecule has 0 radical (unpaired) electrons. The van der Waals surface area contributed by atoms with Crippen LogP contribution in [0, 0.1) is 0 Å². The molecule has 4 aliphatic rings. The number of hydrogen-bond donors (Lipinski definition) is 6. The maximum atomic E-state index is 5.13. The number of nitrogens with zero attached hydrogens (tertiary/aromatic N) is 2. The highest BCUT2D eigenvalue weighted by molar-refractivity contribution is 5.80. The van der Waals surface area contributed by atoms with Crippen molar-refractivity contribution in [2.24, 2.45) is 9.98 Å². The van der Waals surface area contributed by atoms with Crippen LogP contribution in [0.5, 0.6) is 0 Å². The largest absolute Gasteiger partial charge is 0.356 e. The average Bonchev–Trinajstić information content (AvgIpc) is 3.03. The fraction of sp³-hybridized carbons (Fsp3) is 0.941. The molecule has 242 valence electrons. The summed E-state index contributed by atoms with van der Waals surface area (Å²) in [6.45, 7) is 5.98. The number of guanidine groups is 2. The molecule has 8 heteroatoms. The molecule has 6 N–H and O–H groups in total. The van der Waals surface area contributed by atoms with Gasteiger partial charge in [-0.1, -0.05) is 77.0 Å². The Morgan fingerprint density at radius 3 is 1.43 bits per heavy atom. The van der Waals surface area contributed by atoms with Crippen LogP contribution in [0.4, 0.5) is 0 Å². The lowest BCUT2D eigenvalue weighted by atomic mass is 9.95. The highest BCUT2D eigenvalue weighted by Crippen LogP contribution is 2.22. The first kappa shape index (κ1) is 33.4. The Bertz CT molecular complexity index is 710. The highest BCUT2D eigenvalue weighted by Gasteiger charge is 2.19. The summed E-state index contributed by atoms with van der Waals surface area (Å²) in [5.41, 5.74) is 0. The SMILES string of the molecule is C1CCC(N=C(NCCCNCCNCCCN=C(NC2CCCCC2)NC2CCCCC2)NC2CCCCC2)CC1. The van der Waals surface area contributed by atoms with Gasteiger partial charge in [0.05, 0.1) is 6.04 Å². The van der Waals surface area contributed by atoms with Gasteiger partial charge in [-0.2, -0.15) is 0 Å². The van der Waals surface area contributed by atoms with Crippen molar-refractivity contribution in [2.75, 3.05) is 39.3 Å². The Labute approximate surface area is 258 Å². The monoisotopic (exact) mass is 587 g/mol. The van der Waals surface area contributed by atoms with Crippen molar-refractivity contribution < 1.29 is 0 Å². The zero-order valence-electron chi connectivity index (χ0n) is 27.0. The van der Waals surface area contributed by atoms with Crippen LogP contribution in [0.3, 0.4) is 0 Å². The molecule has 4 aliphatic carbocycles. The minimum atomic E-state index is 0.514. The average molecular weight is 587 g/mol. The summed E-state index contributed by atoms with van der Waals surface area (Å²) in [6, 6.07) is 2.34. The van der Waals surface area contributed by atoms with Gasteiger partial charge in [0.25, 0.3) is 0 Å². The fourth-order valence-corrected chi connectivity index (χ4v) is 7.22. The highest BCUT2D eigenvalue weighted by atomic mass is 15.2. The second-order valence-electron chi connectivity index (χ2n) is 13.6. The second-order valence-corrected chi connectivity index (χ2v) is 13.6. The van der Waals surface area contributed by atoms with E-state index in [9.17, 15) is 0 Å². The molecule has 0 bridgehead atoms. The Morgan fingerprint density at radius 1 is 0.452 bits per heavy atom. The van der Waals surface area contributed by atoms with Gasteiger partial charge in [0.15, 0.2) is 11.9 Å². The molecule has 4 rings (SSSR count). The van der Waals surface area contributed by atoms with Crippen LogP contribution in [-0.4, -0.2) is 75.4 Å². The lowest BCUT2D eigenvalue weighted by Gasteiger charge is -2.29. The van der Waals surface area contributed by atoms with Crippen LogP contribution in [0.25, 0.3) is 0 Å². The van der Waals surface area contributed by atoms with Gasteiger partial charge in [0.2, 0.25) is 0 Å². The van der Waals surface area contributed by atoms with Gasteiger partial charge in [-0.25, -0.2) is 4.99 Å². The van der Waals surface area contributed by atoms with Crippen LogP contribution < -0.4 is 31.9 Å². The van der Waals surface area contributed by atoms with Crippen molar-refractivity contribution in [3.05, 3.63) is 0 Å². The number of aliphatic imine (C=N–C) groups is 2. The first-order valence-corrected chi connectivity index (χ1v) is 18.4. The topological polar surface area (TPSA) is 96.9 Å². The van der Waals surface area contributed by atoms with Crippen LogP contribution in [0.1, 0.15) is 141 Å². The maximum absolute atomic E-state index is 5.13. The number of hydrogen-bond acceptors (Lipinski definition) is 4. The smallest absolute Gasteiger partial charge is 0.191 e. The maximum Gasteiger partial charge on any atom is 0.191 e. The third kappa shape index (κ3) is 14.3. The number of nitrogens with one attached hydrogen (secondary N) is 6. The molecule has 0 amide bonds.